The molecule has 10 heteroatoms. The number of alkyl carbamates (subject to hydrolysis) is 1. The summed E-state index contributed by atoms with van der Waals surface area (Å²) in [5.41, 5.74) is -0.143. The number of hydrogen-bond acceptors (Lipinski definition) is 8. The molecule has 0 aliphatic rings. The minimum Gasteiger partial charge on any atom is -0.444 e. The molecular weight excluding hydrogens is 472 g/mol. The molecule has 1 aromatic carbocycles. The number of anilines is 1. The highest BCUT2D eigenvalue weighted by atomic mass is 32.2. The van der Waals surface area contributed by atoms with Crippen LogP contribution in [0.5, 0.6) is 0 Å². The molecule has 1 atom stereocenters. The average molecular weight is 503 g/mol. The van der Waals surface area contributed by atoms with Gasteiger partial charge in [0, 0.05) is 5.41 Å². The molecule has 3 rings (SSSR count). The van der Waals surface area contributed by atoms with Crippen LogP contribution in [0.3, 0.4) is 0 Å². The lowest BCUT2D eigenvalue weighted by atomic mass is 9.94. The topological polar surface area (TPSA) is 106 Å². The number of oxazole rings is 1. The van der Waals surface area contributed by atoms with Crippen LogP contribution in [0.25, 0.3) is 0 Å². The zero-order valence-corrected chi connectivity index (χ0v) is 21.8. The van der Waals surface area contributed by atoms with Crippen LogP contribution in [-0.2, 0) is 20.7 Å². The van der Waals surface area contributed by atoms with Crippen LogP contribution in [0.15, 0.2) is 51.4 Å². The van der Waals surface area contributed by atoms with Gasteiger partial charge in [-0.15, -0.1) is 11.8 Å². The Balaban J connectivity index is 1.64. The number of ether oxygens (including phenoxy) is 1. The Bertz CT molecular complexity index is 1110. The van der Waals surface area contributed by atoms with Crippen LogP contribution in [0.4, 0.5) is 9.93 Å². The first-order chi connectivity index (χ1) is 15.9. The Kier molecular flexibility index (Phi) is 8.04. The van der Waals surface area contributed by atoms with Gasteiger partial charge in [0.2, 0.25) is 5.89 Å². The summed E-state index contributed by atoms with van der Waals surface area (Å²) >= 11 is 2.87. The molecule has 0 aliphatic carbocycles. The van der Waals surface area contributed by atoms with E-state index in [0.29, 0.717) is 22.3 Å². The predicted octanol–water partition coefficient (Wildman–Crippen LogP) is 5.93. The first-order valence-corrected chi connectivity index (χ1v) is 12.6. The van der Waals surface area contributed by atoms with Crippen LogP contribution in [0, 0.1) is 0 Å². The second-order valence-corrected chi connectivity index (χ2v) is 11.9. The van der Waals surface area contributed by atoms with Crippen LogP contribution in [0.2, 0.25) is 0 Å². The number of carbonyl (C=O) groups excluding carboxylic acids is 2. The highest BCUT2D eigenvalue weighted by Gasteiger charge is 2.26. The maximum atomic E-state index is 13.1. The second-order valence-electron chi connectivity index (χ2n) is 9.62. The molecule has 0 radical (unpaired) electrons. The Morgan fingerprint density at radius 2 is 1.79 bits per heavy atom. The molecule has 0 bridgehead atoms. The van der Waals surface area contributed by atoms with Crippen molar-refractivity contribution in [2.75, 3.05) is 5.32 Å². The van der Waals surface area contributed by atoms with Gasteiger partial charge in [-0.3, -0.25) is 10.1 Å². The van der Waals surface area contributed by atoms with Crippen molar-refractivity contribution < 1.29 is 18.7 Å². The van der Waals surface area contributed by atoms with Crippen molar-refractivity contribution in [2.24, 2.45) is 0 Å². The van der Waals surface area contributed by atoms with E-state index in [9.17, 15) is 9.59 Å². The predicted molar refractivity (Wildman–Crippen MR) is 134 cm³/mol. The normalized spacial score (nSPS) is 12.8. The number of aromatic nitrogens is 2. The zero-order chi connectivity index (χ0) is 24.9. The van der Waals surface area contributed by atoms with Gasteiger partial charge >= 0.3 is 6.09 Å². The van der Waals surface area contributed by atoms with Gasteiger partial charge in [-0.25, -0.2) is 14.8 Å². The standard InChI is InChI=1S/C24H30N4O4S2/c1-23(2,3)16-12-25-17(31-16)14-33-18-13-26-21(34-18)28-20(29)19(15-10-8-7-9-11-15)27-22(30)32-24(4,5)6/h7-13,19H,14H2,1-6H3,(H,27,30)(H,26,28,29)/t19-/m0/s1. The van der Waals surface area contributed by atoms with E-state index >= 15 is 0 Å². The fourth-order valence-electron chi connectivity index (χ4n) is 2.79. The molecule has 2 aromatic heterocycles. The summed E-state index contributed by atoms with van der Waals surface area (Å²) in [5, 5.41) is 5.89. The number of rotatable bonds is 7. The Hall–Kier alpha value is -2.85. The number of amides is 2. The maximum absolute atomic E-state index is 13.1. The largest absolute Gasteiger partial charge is 0.444 e. The molecule has 3 aromatic rings. The third kappa shape index (κ3) is 7.59. The number of nitrogens with zero attached hydrogens (tertiary/aromatic N) is 2. The lowest BCUT2D eigenvalue weighted by molar-refractivity contribution is -0.118. The van der Waals surface area contributed by atoms with Crippen molar-refractivity contribution in [2.45, 2.75) is 68.6 Å². The lowest BCUT2D eigenvalue weighted by Crippen LogP contribution is -2.40. The third-order valence-corrected chi connectivity index (χ3v) is 6.49. The number of benzene rings is 1. The Morgan fingerprint density at radius 3 is 2.41 bits per heavy atom. The third-order valence-electron chi connectivity index (χ3n) is 4.40. The van der Waals surface area contributed by atoms with E-state index in [0.717, 1.165) is 9.97 Å². The number of nitrogens with one attached hydrogen (secondary N) is 2. The monoisotopic (exact) mass is 502 g/mol. The van der Waals surface area contributed by atoms with E-state index in [1.54, 1.807) is 57.4 Å². The number of thioether (sulfide) groups is 1. The molecule has 0 spiro atoms. The SMILES string of the molecule is CC(C)(C)OC(=O)N[C@H](C(=O)Nc1ncc(SCc2ncc(C(C)(C)C)o2)s1)c1ccccc1. The molecule has 2 amide bonds. The van der Waals surface area contributed by atoms with E-state index in [-0.39, 0.29) is 5.41 Å². The molecule has 8 nitrogen and oxygen atoms in total. The first kappa shape index (κ1) is 25.8. The maximum Gasteiger partial charge on any atom is 0.408 e. The molecular formula is C24H30N4O4S2. The lowest BCUT2D eigenvalue weighted by Gasteiger charge is -2.23. The average Bonchev–Trinajstić information content (AvgIpc) is 3.39. The van der Waals surface area contributed by atoms with Gasteiger partial charge < -0.3 is 14.5 Å². The van der Waals surface area contributed by atoms with Crippen molar-refractivity contribution in [3.8, 4) is 0 Å². The molecule has 0 saturated heterocycles. The number of hydrogen-bond donors (Lipinski definition) is 2. The van der Waals surface area contributed by atoms with Crippen molar-refractivity contribution in [1.29, 1.82) is 0 Å². The van der Waals surface area contributed by atoms with Gasteiger partial charge in [-0.05, 0) is 26.3 Å². The molecule has 0 fully saturated rings. The molecule has 0 aliphatic heterocycles. The van der Waals surface area contributed by atoms with Crippen molar-refractivity contribution in [1.82, 2.24) is 15.3 Å². The van der Waals surface area contributed by atoms with E-state index < -0.39 is 23.6 Å². The summed E-state index contributed by atoms with van der Waals surface area (Å²) in [5.74, 6) is 1.62. The highest BCUT2D eigenvalue weighted by molar-refractivity contribution is 8.00. The molecule has 0 saturated carbocycles. The summed E-state index contributed by atoms with van der Waals surface area (Å²) in [4.78, 5) is 34.0. The van der Waals surface area contributed by atoms with Crippen LogP contribution in [0.1, 0.15) is 64.8 Å². The Labute approximate surface area is 207 Å². The molecule has 34 heavy (non-hydrogen) atoms. The van der Waals surface area contributed by atoms with Gasteiger partial charge in [0.15, 0.2) is 5.13 Å². The molecule has 0 unspecified atom stereocenters. The van der Waals surface area contributed by atoms with Crippen LogP contribution in [-0.4, -0.2) is 27.6 Å². The fourth-order valence-corrected chi connectivity index (χ4v) is 4.52. The van der Waals surface area contributed by atoms with Gasteiger partial charge in [-0.2, -0.15) is 0 Å². The van der Waals surface area contributed by atoms with Crippen molar-refractivity contribution in [3.63, 3.8) is 0 Å². The van der Waals surface area contributed by atoms with Crippen molar-refractivity contribution >= 4 is 40.2 Å². The summed E-state index contributed by atoms with van der Waals surface area (Å²) in [6.07, 6.45) is 2.78. The first-order valence-electron chi connectivity index (χ1n) is 10.8. The van der Waals surface area contributed by atoms with E-state index in [2.05, 4.69) is 41.4 Å². The molecule has 2 heterocycles. The fraction of sp³-hybridized carbons (Fsp3) is 0.417. The minimum absolute atomic E-state index is 0.0967. The van der Waals surface area contributed by atoms with Gasteiger partial charge in [0.05, 0.1) is 22.4 Å². The highest BCUT2D eigenvalue weighted by Crippen LogP contribution is 2.32. The van der Waals surface area contributed by atoms with E-state index in [4.69, 9.17) is 9.15 Å². The number of thiazole rings is 1. The van der Waals surface area contributed by atoms with Gasteiger partial charge in [-0.1, -0.05) is 62.4 Å². The Morgan fingerprint density at radius 1 is 1.09 bits per heavy atom. The van der Waals surface area contributed by atoms with E-state index in [1.807, 2.05) is 6.07 Å². The van der Waals surface area contributed by atoms with Crippen molar-refractivity contribution in [3.05, 3.63) is 59.9 Å². The van der Waals surface area contributed by atoms with Crippen LogP contribution < -0.4 is 10.6 Å². The zero-order valence-electron chi connectivity index (χ0n) is 20.2. The quantitative estimate of drug-likeness (QED) is 0.386. The number of carbonyl (C=O) groups is 2. The van der Waals surface area contributed by atoms with Gasteiger partial charge in [0.25, 0.3) is 5.91 Å². The molecule has 2 N–H and O–H groups in total. The van der Waals surface area contributed by atoms with Crippen LogP contribution >= 0.6 is 23.1 Å². The molecule has 182 valence electrons. The van der Waals surface area contributed by atoms with Gasteiger partial charge in [0.1, 0.15) is 17.4 Å². The second kappa shape index (κ2) is 10.6. The summed E-state index contributed by atoms with van der Waals surface area (Å²) in [6.45, 7) is 11.5. The van der Waals surface area contributed by atoms with E-state index in [1.165, 1.54) is 23.1 Å². The minimum atomic E-state index is -0.931. The summed E-state index contributed by atoms with van der Waals surface area (Å²) in [7, 11) is 0. The summed E-state index contributed by atoms with van der Waals surface area (Å²) in [6, 6.07) is 8.06. The smallest absolute Gasteiger partial charge is 0.408 e. The summed E-state index contributed by atoms with van der Waals surface area (Å²) < 4.78 is 12.1.